The van der Waals surface area contributed by atoms with Crippen LogP contribution < -0.4 is 5.32 Å². The van der Waals surface area contributed by atoms with Gasteiger partial charge >= 0.3 is 0 Å². The Labute approximate surface area is 154 Å². The Morgan fingerprint density at radius 1 is 0.917 bits per heavy atom. The number of nitrogens with zero attached hydrogens (tertiary/aromatic N) is 2. The van der Waals surface area contributed by atoms with Crippen molar-refractivity contribution in [2.75, 3.05) is 5.32 Å². The molecule has 0 radical (unpaired) electrons. The van der Waals surface area contributed by atoms with E-state index in [4.69, 9.17) is 33.2 Å². The number of benzene rings is 1. The molecule has 1 aromatic heterocycles. The molecule has 0 aliphatic rings. The molecule has 0 saturated carbocycles. The predicted octanol–water partition coefficient (Wildman–Crippen LogP) is 6.18. The minimum absolute atomic E-state index is 0.407. The molecule has 0 aliphatic carbocycles. The molecule has 0 bridgehead atoms. The second-order valence-corrected chi connectivity index (χ2v) is 6.59. The van der Waals surface area contributed by atoms with Crippen LogP contribution in [0.5, 0.6) is 0 Å². The number of hydrogen-bond acceptors (Lipinski definition) is 3. The van der Waals surface area contributed by atoms with Crippen molar-refractivity contribution in [2.24, 2.45) is 0 Å². The van der Waals surface area contributed by atoms with Crippen LogP contribution in [0, 0.1) is 0 Å². The Bertz CT molecular complexity index is 677. The zero-order valence-electron chi connectivity index (χ0n) is 14.8. The van der Waals surface area contributed by atoms with Gasteiger partial charge in [-0.1, -0.05) is 57.0 Å². The smallest absolute Gasteiger partial charge is 0.148 e. The molecular formula is C19H25Cl2N3. The summed E-state index contributed by atoms with van der Waals surface area (Å²) >= 11 is 12.8. The first-order valence-corrected chi connectivity index (χ1v) is 9.41. The first-order valence-electron chi connectivity index (χ1n) is 8.66. The number of anilines is 1. The van der Waals surface area contributed by atoms with Crippen LogP contribution >= 0.6 is 23.2 Å². The third kappa shape index (κ3) is 4.01. The lowest BCUT2D eigenvalue weighted by Gasteiger charge is -2.20. The number of aromatic nitrogens is 2. The van der Waals surface area contributed by atoms with E-state index in [2.05, 4.69) is 33.0 Å². The van der Waals surface area contributed by atoms with E-state index >= 15 is 0 Å². The van der Waals surface area contributed by atoms with Gasteiger partial charge in [0.05, 0.1) is 27.1 Å². The molecule has 0 unspecified atom stereocenters. The topological polar surface area (TPSA) is 37.8 Å². The highest BCUT2D eigenvalue weighted by molar-refractivity contribution is 6.39. The van der Waals surface area contributed by atoms with E-state index in [0.717, 1.165) is 54.1 Å². The molecule has 0 spiro atoms. The summed E-state index contributed by atoms with van der Waals surface area (Å²) in [5, 5.41) is 4.75. The fraction of sp³-hybridized carbons (Fsp3) is 0.474. The number of aryl methyl sites for hydroxylation is 2. The molecular weight excluding hydrogens is 341 g/mol. The summed E-state index contributed by atoms with van der Waals surface area (Å²) in [7, 11) is 0. The highest BCUT2D eigenvalue weighted by Gasteiger charge is 2.18. The molecule has 24 heavy (non-hydrogen) atoms. The van der Waals surface area contributed by atoms with Crippen molar-refractivity contribution in [2.45, 2.75) is 59.4 Å². The van der Waals surface area contributed by atoms with E-state index in [9.17, 15) is 0 Å². The van der Waals surface area contributed by atoms with Crippen molar-refractivity contribution in [3.05, 3.63) is 39.6 Å². The molecule has 3 nitrogen and oxygen atoms in total. The molecule has 2 rings (SSSR count). The fourth-order valence-electron chi connectivity index (χ4n) is 2.72. The van der Waals surface area contributed by atoms with Gasteiger partial charge in [0.15, 0.2) is 0 Å². The Morgan fingerprint density at radius 3 is 2.00 bits per heavy atom. The van der Waals surface area contributed by atoms with Crippen molar-refractivity contribution in [1.82, 2.24) is 9.97 Å². The van der Waals surface area contributed by atoms with Crippen LogP contribution in [-0.4, -0.2) is 16.0 Å². The lowest BCUT2D eigenvalue weighted by atomic mass is 10.1. The Kier molecular flexibility index (Phi) is 6.88. The molecule has 130 valence electrons. The second-order valence-electron chi connectivity index (χ2n) is 5.78. The van der Waals surface area contributed by atoms with Crippen LogP contribution in [0.25, 0.3) is 11.3 Å². The largest absolute Gasteiger partial charge is 0.366 e. The van der Waals surface area contributed by atoms with Gasteiger partial charge in [0.2, 0.25) is 0 Å². The van der Waals surface area contributed by atoms with Crippen LogP contribution in [0.1, 0.15) is 51.9 Å². The van der Waals surface area contributed by atoms with Crippen LogP contribution in [0.15, 0.2) is 18.2 Å². The first kappa shape index (κ1) is 19.0. The summed E-state index contributed by atoms with van der Waals surface area (Å²) in [4.78, 5) is 9.75. The van der Waals surface area contributed by atoms with Crippen molar-refractivity contribution in [1.29, 1.82) is 0 Å². The van der Waals surface area contributed by atoms with Crippen molar-refractivity contribution < 1.29 is 0 Å². The number of rotatable bonds is 7. The molecule has 1 aromatic carbocycles. The Hall–Kier alpha value is -1.32. The lowest BCUT2D eigenvalue weighted by molar-refractivity contribution is 0.665. The average molecular weight is 366 g/mol. The van der Waals surface area contributed by atoms with E-state index in [1.165, 1.54) is 0 Å². The minimum atomic E-state index is 0.407. The van der Waals surface area contributed by atoms with Gasteiger partial charge in [-0.2, -0.15) is 0 Å². The van der Waals surface area contributed by atoms with Crippen LogP contribution in [0.4, 0.5) is 5.82 Å². The van der Waals surface area contributed by atoms with Gasteiger partial charge in [0, 0.05) is 11.6 Å². The van der Waals surface area contributed by atoms with E-state index in [1.807, 2.05) is 18.2 Å². The second kappa shape index (κ2) is 8.68. The highest BCUT2D eigenvalue weighted by Crippen LogP contribution is 2.36. The summed E-state index contributed by atoms with van der Waals surface area (Å²) in [5.41, 5.74) is 3.43. The van der Waals surface area contributed by atoms with Gasteiger partial charge in [-0.3, -0.25) is 0 Å². The zero-order chi connectivity index (χ0) is 17.7. The summed E-state index contributed by atoms with van der Waals surface area (Å²) in [6, 6.07) is 5.93. The van der Waals surface area contributed by atoms with Gasteiger partial charge in [0.1, 0.15) is 5.82 Å². The normalized spacial score (nSPS) is 11.1. The molecule has 0 aliphatic heterocycles. The number of hydrogen-bond donors (Lipinski definition) is 1. The standard InChI is InChI=1S/C19H25Cl2N3/c1-5-12(6-2)22-19-16(8-4)23-18(15(7-3)24-19)17-13(20)10-9-11-14(17)21/h9-12H,5-8H2,1-4H3,(H,22,24). The predicted molar refractivity (Wildman–Crippen MR) is 104 cm³/mol. The molecule has 5 heteroatoms. The molecule has 0 amide bonds. The average Bonchev–Trinajstić information content (AvgIpc) is 2.59. The quantitative estimate of drug-likeness (QED) is 0.636. The molecule has 0 saturated heterocycles. The van der Waals surface area contributed by atoms with Crippen molar-refractivity contribution in [3.63, 3.8) is 0 Å². The first-order chi connectivity index (χ1) is 11.5. The van der Waals surface area contributed by atoms with Gasteiger partial charge in [0.25, 0.3) is 0 Å². The third-order valence-corrected chi connectivity index (χ3v) is 4.87. The van der Waals surface area contributed by atoms with Gasteiger partial charge < -0.3 is 5.32 Å². The monoisotopic (exact) mass is 365 g/mol. The maximum atomic E-state index is 6.39. The Morgan fingerprint density at radius 2 is 1.50 bits per heavy atom. The lowest BCUT2D eigenvalue weighted by Crippen LogP contribution is -2.20. The number of nitrogens with one attached hydrogen (secondary N) is 1. The molecule has 0 fully saturated rings. The van der Waals surface area contributed by atoms with Crippen LogP contribution in [-0.2, 0) is 12.8 Å². The molecule has 2 aromatic rings. The summed E-state index contributed by atoms with van der Waals surface area (Å²) in [6.45, 7) is 8.52. The SMILES string of the molecule is CCc1nc(-c2c(Cl)cccc2Cl)c(CC)nc1NC(CC)CC. The molecule has 1 N–H and O–H groups in total. The van der Waals surface area contributed by atoms with Gasteiger partial charge in [-0.15, -0.1) is 0 Å². The Balaban J connectivity index is 2.58. The molecule has 0 atom stereocenters. The minimum Gasteiger partial charge on any atom is -0.366 e. The third-order valence-electron chi connectivity index (χ3n) is 4.24. The van der Waals surface area contributed by atoms with Crippen LogP contribution in [0.2, 0.25) is 10.0 Å². The summed E-state index contributed by atoms with van der Waals surface area (Å²) < 4.78 is 0. The van der Waals surface area contributed by atoms with E-state index in [0.29, 0.717) is 16.1 Å². The fourth-order valence-corrected chi connectivity index (χ4v) is 3.30. The summed E-state index contributed by atoms with van der Waals surface area (Å²) in [6.07, 6.45) is 3.68. The summed E-state index contributed by atoms with van der Waals surface area (Å²) in [5.74, 6) is 0.884. The van der Waals surface area contributed by atoms with Crippen molar-refractivity contribution in [3.8, 4) is 11.3 Å². The van der Waals surface area contributed by atoms with Gasteiger partial charge in [-0.25, -0.2) is 9.97 Å². The van der Waals surface area contributed by atoms with Crippen molar-refractivity contribution >= 4 is 29.0 Å². The van der Waals surface area contributed by atoms with Crippen LogP contribution in [0.3, 0.4) is 0 Å². The number of halogens is 2. The zero-order valence-corrected chi connectivity index (χ0v) is 16.3. The highest BCUT2D eigenvalue weighted by atomic mass is 35.5. The maximum absolute atomic E-state index is 6.39. The maximum Gasteiger partial charge on any atom is 0.148 e. The van der Waals surface area contributed by atoms with E-state index in [-0.39, 0.29) is 0 Å². The van der Waals surface area contributed by atoms with E-state index in [1.54, 1.807) is 0 Å². The molecule has 1 heterocycles. The van der Waals surface area contributed by atoms with Gasteiger partial charge in [-0.05, 0) is 37.8 Å². The van der Waals surface area contributed by atoms with E-state index < -0.39 is 0 Å².